The van der Waals surface area contributed by atoms with Gasteiger partial charge in [-0.3, -0.25) is 14.6 Å². The number of unbranched alkanes of at least 4 members (excludes halogenated alkanes) is 1. The van der Waals surface area contributed by atoms with Crippen LogP contribution in [0.5, 0.6) is 0 Å². The van der Waals surface area contributed by atoms with Crippen molar-refractivity contribution >= 4 is 24.0 Å². The van der Waals surface area contributed by atoms with E-state index in [0.717, 1.165) is 5.56 Å². The Morgan fingerprint density at radius 2 is 2.06 bits per heavy atom. The highest BCUT2D eigenvalue weighted by molar-refractivity contribution is 6.01. The van der Waals surface area contributed by atoms with Crippen molar-refractivity contribution < 1.29 is 19.8 Å². The van der Waals surface area contributed by atoms with Crippen molar-refractivity contribution in [2.45, 2.75) is 45.3 Å². The number of aliphatic imine (C=N–C) groups is 1. The third-order valence-corrected chi connectivity index (χ3v) is 5.59. The smallest absolute Gasteiger partial charge is 0.318 e. The number of rotatable bonds is 10. The van der Waals surface area contributed by atoms with Crippen molar-refractivity contribution in [1.82, 2.24) is 14.9 Å². The van der Waals surface area contributed by atoms with E-state index in [9.17, 15) is 19.8 Å². The molecule has 31 heavy (non-hydrogen) atoms. The molecule has 0 radical (unpaired) electrons. The van der Waals surface area contributed by atoms with E-state index in [1.54, 1.807) is 6.33 Å². The van der Waals surface area contributed by atoms with Crippen LogP contribution in [0.25, 0.3) is 0 Å². The van der Waals surface area contributed by atoms with Gasteiger partial charge in [-0.1, -0.05) is 36.8 Å². The largest absolute Gasteiger partial charge is 0.480 e. The number of carboxylic acid groups (broad SMARTS) is 1. The summed E-state index contributed by atoms with van der Waals surface area (Å²) >= 11 is 0. The van der Waals surface area contributed by atoms with E-state index in [1.165, 1.54) is 13.3 Å². The number of benzene rings is 1. The molecule has 1 aliphatic heterocycles. The number of aliphatic hydroxyl groups is 1. The van der Waals surface area contributed by atoms with E-state index in [2.05, 4.69) is 20.6 Å². The molecule has 9 nitrogen and oxygen atoms in total. The Morgan fingerprint density at radius 1 is 1.29 bits per heavy atom. The first kappa shape index (κ1) is 22.5. The Bertz CT molecular complexity index is 927. The Kier molecular flexibility index (Phi) is 7.41. The second-order valence-corrected chi connectivity index (χ2v) is 7.91. The summed E-state index contributed by atoms with van der Waals surface area (Å²) in [6.45, 7) is 2.71. The average molecular weight is 428 g/mol. The van der Waals surface area contributed by atoms with E-state index in [-0.39, 0.29) is 13.0 Å². The number of aromatic nitrogens is 2. The van der Waals surface area contributed by atoms with Crippen molar-refractivity contribution in [3.8, 4) is 0 Å². The molecule has 2 heterocycles. The van der Waals surface area contributed by atoms with Gasteiger partial charge < -0.3 is 25.4 Å². The van der Waals surface area contributed by atoms with Gasteiger partial charge in [0.25, 0.3) is 0 Å². The molecule has 1 aliphatic rings. The number of aryl methyl sites for hydroxylation is 1. The third kappa shape index (κ3) is 5.49. The van der Waals surface area contributed by atoms with Crippen LogP contribution in [0.4, 0.5) is 5.82 Å². The number of nitrogens with zero attached hydrogens (tertiary/aromatic N) is 3. The van der Waals surface area contributed by atoms with Crippen LogP contribution in [0.1, 0.15) is 43.5 Å². The summed E-state index contributed by atoms with van der Waals surface area (Å²) in [6, 6.07) is 9.73. The van der Waals surface area contributed by atoms with Crippen LogP contribution in [-0.4, -0.2) is 51.1 Å². The molecule has 2 unspecified atom stereocenters. The van der Waals surface area contributed by atoms with Gasteiger partial charge in [0.05, 0.1) is 19.2 Å². The van der Waals surface area contributed by atoms with Gasteiger partial charge in [0, 0.05) is 13.1 Å². The van der Waals surface area contributed by atoms with Gasteiger partial charge in [0.1, 0.15) is 23.0 Å². The molecule has 0 aliphatic carbocycles. The minimum atomic E-state index is -1.48. The van der Waals surface area contributed by atoms with E-state index in [0.29, 0.717) is 43.9 Å². The van der Waals surface area contributed by atoms with E-state index in [4.69, 9.17) is 0 Å². The topological polar surface area (TPSA) is 129 Å². The maximum absolute atomic E-state index is 12.6. The fourth-order valence-corrected chi connectivity index (χ4v) is 3.55. The first-order valence-electron chi connectivity index (χ1n) is 10.5. The Morgan fingerprint density at radius 3 is 2.81 bits per heavy atom. The molecule has 0 spiro atoms. The molecule has 0 fully saturated rings. The zero-order chi connectivity index (χ0) is 22.3. The monoisotopic (exact) mass is 427 g/mol. The summed E-state index contributed by atoms with van der Waals surface area (Å²) in [4.78, 5) is 32.8. The second kappa shape index (κ2) is 10.2. The number of carboxylic acids is 1. The number of carbonyl (C=O) groups excluding carboxylic acids is 1. The maximum atomic E-state index is 12.6. The number of anilines is 1. The molecule has 0 saturated carbocycles. The molecule has 4 N–H and O–H groups in total. The molecular formula is C22H29N5O4. The number of hydrogen-bond donors (Lipinski definition) is 4. The first-order chi connectivity index (χ1) is 14.9. The number of carbonyl (C=O) groups is 2. The quantitative estimate of drug-likeness (QED) is 0.339. The lowest BCUT2D eigenvalue weighted by molar-refractivity contribution is -0.155. The molecule has 0 saturated heterocycles. The third-order valence-electron chi connectivity index (χ3n) is 5.59. The lowest BCUT2D eigenvalue weighted by Gasteiger charge is -2.24. The Labute approximate surface area is 181 Å². The zero-order valence-corrected chi connectivity index (χ0v) is 17.6. The summed E-state index contributed by atoms with van der Waals surface area (Å²) in [5.74, 6) is -0.899. The highest BCUT2D eigenvalue weighted by atomic mass is 16.4. The number of imidazole rings is 1. The fourth-order valence-electron chi connectivity index (χ4n) is 3.55. The molecule has 0 bridgehead atoms. The minimum absolute atomic E-state index is 0.230. The van der Waals surface area contributed by atoms with Gasteiger partial charge in [-0.15, -0.1) is 0 Å². The summed E-state index contributed by atoms with van der Waals surface area (Å²) in [6.07, 6.45) is 4.53. The zero-order valence-electron chi connectivity index (χ0n) is 17.6. The van der Waals surface area contributed by atoms with Crippen molar-refractivity contribution in [2.24, 2.45) is 10.4 Å². The number of nitrogens with one attached hydrogen (secondary N) is 2. The Balaban J connectivity index is 1.50. The van der Waals surface area contributed by atoms with Crippen LogP contribution in [-0.2, 0) is 22.6 Å². The minimum Gasteiger partial charge on any atom is -0.480 e. The number of aliphatic carboxylic acids is 1. The van der Waals surface area contributed by atoms with Crippen LogP contribution >= 0.6 is 0 Å². The molecule has 1 aromatic carbocycles. The highest BCUT2D eigenvalue weighted by Crippen LogP contribution is 2.27. The standard InChI is InChI=1S/C22H29N5O4/c1-22(21(30)31,20(29)24-11-9-16-7-3-2-4-8-16)10-5-6-12-27-15-26-18-17(28)13-23-14-25-19(18)27/h2-4,7-8,14-15,17,28H,5-6,9-13H2,1H3,(H,23,25)(H,24,29)(H,30,31). The normalized spacial score (nSPS) is 17.2. The molecule has 166 valence electrons. The van der Waals surface area contributed by atoms with E-state index < -0.39 is 23.4 Å². The molecular weight excluding hydrogens is 398 g/mol. The lowest BCUT2D eigenvalue weighted by Crippen LogP contribution is -2.45. The predicted molar refractivity (Wildman–Crippen MR) is 117 cm³/mol. The summed E-state index contributed by atoms with van der Waals surface area (Å²) in [5.41, 5.74) is 0.151. The van der Waals surface area contributed by atoms with Crippen LogP contribution in [0.15, 0.2) is 41.7 Å². The van der Waals surface area contributed by atoms with E-state index in [1.807, 2.05) is 34.9 Å². The number of aliphatic hydroxyl groups excluding tert-OH is 1. The van der Waals surface area contributed by atoms with Crippen LogP contribution in [0.2, 0.25) is 0 Å². The molecule has 1 amide bonds. The van der Waals surface area contributed by atoms with Crippen molar-refractivity contribution in [2.75, 3.05) is 18.4 Å². The van der Waals surface area contributed by atoms with Gasteiger partial charge in [-0.25, -0.2) is 4.98 Å². The Hall–Kier alpha value is -3.20. The molecule has 2 aromatic rings. The maximum Gasteiger partial charge on any atom is 0.318 e. The van der Waals surface area contributed by atoms with Crippen LogP contribution < -0.4 is 10.6 Å². The van der Waals surface area contributed by atoms with Crippen molar-refractivity contribution in [1.29, 1.82) is 0 Å². The molecule has 2 atom stereocenters. The fraction of sp³-hybridized carbons (Fsp3) is 0.455. The molecule has 3 rings (SSSR count). The van der Waals surface area contributed by atoms with Gasteiger partial charge in [0.2, 0.25) is 5.91 Å². The molecule has 1 aromatic heterocycles. The molecule has 9 heteroatoms. The van der Waals surface area contributed by atoms with Crippen molar-refractivity contribution in [3.05, 3.63) is 47.9 Å². The van der Waals surface area contributed by atoms with E-state index >= 15 is 0 Å². The average Bonchev–Trinajstić information content (AvgIpc) is 3.07. The van der Waals surface area contributed by atoms with Gasteiger partial charge in [0.15, 0.2) is 0 Å². The second-order valence-electron chi connectivity index (χ2n) is 7.91. The van der Waals surface area contributed by atoms with Gasteiger partial charge >= 0.3 is 5.97 Å². The number of amides is 1. The van der Waals surface area contributed by atoms with Gasteiger partial charge in [-0.05, 0) is 31.7 Å². The summed E-state index contributed by atoms with van der Waals surface area (Å²) in [5, 5.41) is 25.6. The number of fused-ring (bicyclic) bond motifs is 1. The summed E-state index contributed by atoms with van der Waals surface area (Å²) in [7, 11) is 0. The van der Waals surface area contributed by atoms with Crippen LogP contribution in [0, 0.1) is 5.41 Å². The number of hydrogen-bond acceptors (Lipinski definition) is 6. The predicted octanol–water partition coefficient (Wildman–Crippen LogP) is 1.99. The van der Waals surface area contributed by atoms with Gasteiger partial charge in [-0.2, -0.15) is 0 Å². The van der Waals surface area contributed by atoms with Crippen molar-refractivity contribution in [3.63, 3.8) is 0 Å². The SMILES string of the molecule is CC(CCCCn1cnc2c1NC=NCC2O)(C(=O)O)C(=O)NCCc1ccccc1. The lowest BCUT2D eigenvalue weighted by atomic mass is 9.83. The highest BCUT2D eigenvalue weighted by Gasteiger charge is 2.40. The first-order valence-corrected chi connectivity index (χ1v) is 10.5. The van der Waals surface area contributed by atoms with Crippen LogP contribution in [0.3, 0.4) is 0 Å². The summed E-state index contributed by atoms with van der Waals surface area (Å²) < 4.78 is 1.87.